The van der Waals surface area contributed by atoms with Crippen molar-refractivity contribution in [3.8, 4) is 0 Å². The van der Waals surface area contributed by atoms with Gasteiger partial charge in [0.25, 0.3) is 0 Å². The van der Waals surface area contributed by atoms with E-state index in [4.69, 9.17) is 9.73 Å². The summed E-state index contributed by atoms with van der Waals surface area (Å²) in [5.74, 6) is 1.56. The van der Waals surface area contributed by atoms with Crippen LogP contribution in [-0.2, 0) is 16.0 Å². The van der Waals surface area contributed by atoms with Gasteiger partial charge in [0.1, 0.15) is 5.82 Å². The summed E-state index contributed by atoms with van der Waals surface area (Å²) in [4.78, 5) is 19.0. The summed E-state index contributed by atoms with van der Waals surface area (Å²) in [6.45, 7) is 7.27. The minimum absolute atomic E-state index is 0. The molecule has 0 radical (unpaired) electrons. The molecule has 0 amide bonds. The van der Waals surface area contributed by atoms with E-state index in [-0.39, 0.29) is 35.9 Å². The topological polar surface area (TPSA) is 84.1 Å². The van der Waals surface area contributed by atoms with Crippen LogP contribution in [0.3, 0.4) is 0 Å². The van der Waals surface area contributed by atoms with Gasteiger partial charge in [0.2, 0.25) is 0 Å². The van der Waals surface area contributed by atoms with Crippen LogP contribution >= 0.6 is 24.0 Å². The van der Waals surface area contributed by atoms with Crippen molar-refractivity contribution in [1.82, 2.24) is 24.8 Å². The first-order valence-electron chi connectivity index (χ1n) is 9.71. The lowest BCUT2D eigenvalue weighted by Gasteiger charge is -2.34. The van der Waals surface area contributed by atoms with Crippen LogP contribution in [0.1, 0.15) is 32.5 Å². The van der Waals surface area contributed by atoms with Crippen molar-refractivity contribution in [2.75, 3.05) is 32.8 Å². The Morgan fingerprint density at radius 1 is 1.36 bits per heavy atom. The third kappa shape index (κ3) is 5.55. The summed E-state index contributed by atoms with van der Waals surface area (Å²) >= 11 is 0. The molecule has 2 aromatic rings. The molecule has 8 nitrogen and oxygen atoms in total. The van der Waals surface area contributed by atoms with E-state index >= 15 is 0 Å². The molecule has 1 atom stereocenters. The maximum atomic E-state index is 12.1. The van der Waals surface area contributed by atoms with Gasteiger partial charge >= 0.3 is 5.97 Å². The molecule has 0 bridgehead atoms. The zero-order valence-electron chi connectivity index (χ0n) is 16.5. The smallest absolute Gasteiger partial charge is 0.310 e. The summed E-state index contributed by atoms with van der Waals surface area (Å²) in [7, 11) is 0. The fourth-order valence-electron chi connectivity index (χ4n) is 3.37. The van der Waals surface area contributed by atoms with E-state index in [1.807, 2.05) is 42.6 Å². The second kappa shape index (κ2) is 11.2. The number of carbonyl (C=O) groups is 1. The van der Waals surface area contributed by atoms with Crippen LogP contribution in [0.4, 0.5) is 0 Å². The van der Waals surface area contributed by atoms with Crippen molar-refractivity contribution in [2.45, 2.75) is 33.1 Å². The first-order chi connectivity index (χ1) is 13.2. The second-order valence-corrected chi connectivity index (χ2v) is 6.57. The number of nitrogens with one attached hydrogen (secondary N) is 1. The monoisotopic (exact) mass is 500 g/mol. The molecule has 1 aliphatic heterocycles. The molecule has 1 fully saturated rings. The van der Waals surface area contributed by atoms with Crippen molar-refractivity contribution in [2.24, 2.45) is 10.9 Å². The number of hydrogen-bond donors (Lipinski definition) is 1. The molecule has 0 aromatic carbocycles. The minimum atomic E-state index is -0.104. The highest BCUT2D eigenvalue weighted by Gasteiger charge is 2.28. The number of guanidine groups is 1. The first-order valence-corrected chi connectivity index (χ1v) is 9.71. The van der Waals surface area contributed by atoms with Gasteiger partial charge < -0.3 is 15.0 Å². The van der Waals surface area contributed by atoms with Crippen LogP contribution in [0.5, 0.6) is 0 Å². The Labute approximate surface area is 182 Å². The molecule has 2 aromatic heterocycles. The number of esters is 1. The Hall–Kier alpha value is -1.91. The number of pyridine rings is 1. The van der Waals surface area contributed by atoms with E-state index in [1.54, 1.807) is 0 Å². The van der Waals surface area contributed by atoms with Crippen LogP contribution < -0.4 is 5.32 Å². The Balaban J connectivity index is 0.00000280. The predicted octanol–water partition coefficient (Wildman–Crippen LogP) is 2.13. The lowest BCUT2D eigenvalue weighted by atomic mass is 9.98. The van der Waals surface area contributed by atoms with Gasteiger partial charge in [0, 0.05) is 38.8 Å². The zero-order chi connectivity index (χ0) is 19.1. The Bertz CT molecular complexity index is 794. The summed E-state index contributed by atoms with van der Waals surface area (Å²) in [5.41, 5.74) is 0.844. The summed E-state index contributed by atoms with van der Waals surface area (Å²) in [5, 5.41) is 11.8. The molecule has 28 heavy (non-hydrogen) atoms. The SMILES string of the molecule is CCNC(=NCCc1nnc2ccccn12)N1CCCC(C(=O)OCC)C1.I. The highest BCUT2D eigenvalue weighted by molar-refractivity contribution is 14.0. The van der Waals surface area contributed by atoms with Crippen LogP contribution in [0.25, 0.3) is 5.65 Å². The maximum Gasteiger partial charge on any atom is 0.310 e. The Morgan fingerprint density at radius 3 is 3.00 bits per heavy atom. The van der Waals surface area contributed by atoms with Gasteiger partial charge in [-0.15, -0.1) is 34.2 Å². The van der Waals surface area contributed by atoms with Gasteiger partial charge in [-0.05, 0) is 38.8 Å². The molecular weight excluding hydrogens is 471 g/mol. The van der Waals surface area contributed by atoms with Crippen molar-refractivity contribution < 1.29 is 9.53 Å². The van der Waals surface area contributed by atoms with Gasteiger partial charge in [-0.25, -0.2) is 0 Å². The Kier molecular flexibility index (Phi) is 8.94. The number of halogens is 1. The molecule has 9 heteroatoms. The second-order valence-electron chi connectivity index (χ2n) is 6.57. The predicted molar refractivity (Wildman–Crippen MR) is 119 cm³/mol. The molecule has 1 unspecified atom stereocenters. The maximum absolute atomic E-state index is 12.1. The van der Waals surface area contributed by atoms with Gasteiger partial charge in [-0.1, -0.05) is 6.07 Å². The standard InChI is InChI=1S/C19H28N6O2.HI/c1-3-20-19(24-12-7-8-15(14-24)18(26)27-4-2)21-11-10-17-23-22-16-9-5-6-13-25(16)17;/h5-6,9,13,15H,3-4,7-8,10-12,14H2,1-2H3,(H,20,21);1H. The first kappa shape index (κ1) is 22.4. The molecule has 1 aliphatic rings. The number of nitrogens with zero attached hydrogens (tertiary/aromatic N) is 5. The summed E-state index contributed by atoms with van der Waals surface area (Å²) in [6.07, 6.45) is 4.51. The highest BCUT2D eigenvalue weighted by Crippen LogP contribution is 2.18. The van der Waals surface area contributed by atoms with E-state index < -0.39 is 0 Å². The number of ether oxygens (including phenoxy) is 1. The van der Waals surface area contributed by atoms with Gasteiger partial charge in [-0.2, -0.15) is 0 Å². The fraction of sp³-hybridized carbons (Fsp3) is 0.579. The largest absolute Gasteiger partial charge is 0.466 e. The lowest BCUT2D eigenvalue weighted by molar-refractivity contribution is -0.149. The number of rotatable bonds is 6. The molecular formula is C19H29IN6O2. The molecule has 3 heterocycles. The third-order valence-corrected chi connectivity index (χ3v) is 4.66. The number of hydrogen-bond acceptors (Lipinski definition) is 5. The van der Waals surface area contributed by atoms with Crippen LogP contribution in [0.15, 0.2) is 29.4 Å². The van der Waals surface area contributed by atoms with Gasteiger partial charge in [-0.3, -0.25) is 14.2 Å². The van der Waals surface area contributed by atoms with Crippen molar-refractivity contribution in [3.63, 3.8) is 0 Å². The van der Waals surface area contributed by atoms with Crippen LogP contribution in [0.2, 0.25) is 0 Å². The Morgan fingerprint density at radius 2 is 2.21 bits per heavy atom. The number of fused-ring (bicyclic) bond motifs is 1. The zero-order valence-corrected chi connectivity index (χ0v) is 18.8. The summed E-state index contributed by atoms with van der Waals surface area (Å²) in [6, 6.07) is 5.86. The van der Waals surface area contributed by atoms with Crippen LogP contribution in [-0.4, -0.2) is 64.2 Å². The van der Waals surface area contributed by atoms with Gasteiger partial charge in [0.05, 0.1) is 12.5 Å². The fourth-order valence-corrected chi connectivity index (χ4v) is 3.37. The number of aliphatic imine (C=N–C) groups is 1. The van der Waals surface area contributed by atoms with Crippen LogP contribution in [0, 0.1) is 5.92 Å². The van der Waals surface area contributed by atoms with Crippen molar-refractivity contribution >= 4 is 41.6 Å². The lowest BCUT2D eigenvalue weighted by Crippen LogP contribution is -2.48. The number of likely N-dealkylation sites (tertiary alicyclic amines) is 1. The average molecular weight is 500 g/mol. The minimum Gasteiger partial charge on any atom is -0.466 e. The number of carbonyl (C=O) groups excluding carboxylic acids is 1. The molecule has 1 N–H and O–H groups in total. The number of piperidine rings is 1. The molecule has 1 saturated heterocycles. The van der Waals surface area contributed by atoms with Crippen molar-refractivity contribution in [1.29, 1.82) is 0 Å². The third-order valence-electron chi connectivity index (χ3n) is 4.66. The highest BCUT2D eigenvalue weighted by atomic mass is 127. The average Bonchev–Trinajstić information content (AvgIpc) is 3.11. The van der Waals surface area contributed by atoms with E-state index in [1.165, 1.54) is 0 Å². The van der Waals surface area contributed by atoms with E-state index in [9.17, 15) is 4.79 Å². The van der Waals surface area contributed by atoms with Gasteiger partial charge in [0.15, 0.2) is 11.6 Å². The van der Waals surface area contributed by atoms with E-state index in [2.05, 4.69) is 20.4 Å². The molecule has 154 valence electrons. The molecule has 0 spiro atoms. The molecule has 0 aliphatic carbocycles. The normalized spacial score (nSPS) is 17.3. The molecule has 0 saturated carbocycles. The number of aromatic nitrogens is 3. The quantitative estimate of drug-likeness (QED) is 0.283. The van der Waals surface area contributed by atoms with Crippen molar-refractivity contribution in [3.05, 3.63) is 30.2 Å². The molecule has 3 rings (SSSR count). The van der Waals surface area contributed by atoms with E-state index in [0.29, 0.717) is 26.1 Å². The van der Waals surface area contributed by atoms with E-state index in [0.717, 1.165) is 43.4 Å². The summed E-state index contributed by atoms with van der Waals surface area (Å²) < 4.78 is 7.18.